The van der Waals surface area contributed by atoms with E-state index >= 15 is 0 Å². The Morgan fingerprint density at radius 2 is 2.00 bits per heavy atom. The zero-order valence-corrected chi connectivity index (χ0v) is 11.8. The minimum Gasteiger partial charge on any atom is -0.345 e. The van der Waals surface area contributed by atoms with Crippen molar-refractivity contribution in [3.05, 3.63) is 34.9 Å². The molecule has 0 saturated carbocycles. The number of hydrogen-bond donors (Lipinski definition) is 1. The van der Waals surface area contributed by atoms with Crippen LogP contribution in [0.15, 0.2) is 18.2 Å². The van der Waals surface area contributed by atoms with E-state index in [-0.39, 0.29) is 11.8 Å². The average molecular weight is 272 g/mol. The van der Waals surface area contributed by atoms with Crippen LogP contribution in [-0.2, 0) is 29.0 Å². The van der Waals surface area contributed by atoms with E-state index in [0.717, 1.165) is 6.42 Å². The second-order valence-corrected chi connectivity index (χ2v) is 5.76. The third-order valence-corrected chi connectivity index (χ3v) is 4.20. The first-order valence-corrected chi connectivity index (χ1v) is 7.32. The summed E-state index contributed by atoms with van der Waals surface area (Å²) < 4.78 is 0. The molecular formula is C16H20N2O2. The molecule has 1 aliphatic carbocycles. The maximum atomic E-state index is 12.2. The van der Waals surface area contributed by atoms with Crippen LogP contribution in [0.3, 0.4) is 0 Å². The number of aryl methyl sites for hydroxylation is 2. The smallest absolute Gasteiger partial charge is 0.245 e. The van der Waals surface area contributed by atoms with Crippen molar-refractivity contribution in [1.29, 1.82) is 0 Å². The van der Waals surface area contributed by atoms with Crippen LogP contribution >= 0.6 is 0 Å². The number of nitrogens with one attached hydrogen (secondary N) is 1. The summed E-state index contributed by atoms with van der Waals surface area (Å²) in [5.74, 6) is -0.0290. The van der Waals surface area contributed by atoms with Gasteiger partial charge in [0.2, 0.25) is 11.8 Å². The van der Waals surface area contributed by atoms with Gasteiger partial charge in [-0.3, -0.25) is 9.59 Å². The maximum Gasteiger partial charge on any atom is 0.245 e. The Morgan fingerprint density at radius 1 is 1.20 bits per heavy atom. The number of benzene rings is 1. The van der Waals surface area contributed by atoms with Gasteiger partial charge in [-0.15, -0.1) is 0 Å². The van der Waals surface area contributed by atoms with Gasteiger partial charge in [0.05, 0.1) is 0 Å². The van der Waals surface area contributed by atoms with Gasteiger partial charge in [-0.1, -0.05) is 18.2 Å². The molecule has 1 aromatic rings. The SMILES string of the molecule is CC1NC(=O)CCN(Cc2ccc3c(c2)CCC3)C1=O. The van der Waals surface area contributed by atoms with Gasteiger partial charge < -0.3 is 10.2 Å². The fourth-order valence-corrected chi connectivity index (χ4v) is 3.10. The lowest BCUT2D eigenvalue weighted by atomic mass is 10.1. The molecule has 4 heteroatoms. The number of amides is 2. The topological polar surface area (TPSA) is 49.4 Å². The molecule has 4 nitrogen and oxygen atoms in total. The Balaban J connectivity index is 1.76. The summed E-state index contributed by atoms with van der Waals surface area (Å²) in [5, 5.41) is 2.72. The van der Waals surface area contributed by atoms with Crippen molar-refractivity contribution >= 4 is 11.8 Å². The lowest BCUT2D eigenvalue weighted by Crippen LogP contribution is -2.42. The maximum absolute atomic E-state index is 12.2. The number of carbonyl (C=O) groups is 2. The summed E-state index contributed by atoms with van der Waals surface area (Å²) in [6.07, 6.45) is 3.94. The van der Waals surface area contributed by atoms with Crippen LogP contribution in [0.5, 0.6) is 0 Å². The highest BCUT2D eigenvalue weighted by atomic mass is 16.2. The highest BCUT2D eigenvalue weighted by Crippen LogP contribution is 2.23. The van der Waals surface area contributed by atoms with Gasteiger partial charge in [0.15, 0.2) is 0 Å². The van der Waals surface area contributed by atoms with E-state index in [4.69, 9.17) is 0 Å². The quantitative estimate of drug-likeness (QED) is 0.885. The molecule has 1 atom stereocenters. The van der Waals surface area contributed by atoms with E-state index < -0.39 is 6.04 Å². The predicted octanol–water partition coefficient (Wildman–Crippen LogP) is 1.41. The van der Waals surface area contributed by atoms with Crippen LogP contribution in [-0.4, -0.2) is 29.3 Å². The molecule has 0 radical (unpaired) electrons. The normalized spacial score (nSPS) is 22.4. The Kier molecular flexibility index (Phi) is 3.47. The van der Waals surface area contributed by atoms with Gasteiger partial charge in [0.1, 0.15) is 6.04 Å². The highest BCUT2D eigenvalue weighted by Gasteiger charge is 2.26. The van der Waals surface area contributed by atoms with E-state index in [1.807, 2.05) is 0 Å². The van der Waals surface area contributed by atoms with Crippen LogP contribution in [0, 0.1) is 0 Å². The monoisotopic (exact) mass is 272 g/mol. The molecule has 1 N–H and O–H groups in total. The average Bonchev–Trinajstić information content (AvgIpc) is 2.85. The largest absolute Gasteiger partial charge is 0.345 e. The first-order chi connectivity index (χ1) is 9.63. The van der Waals surface area contributed by atoms with Crippen LogP contribution in [0.25, 0.3) is 0 Å². The lowest BCUT2D eigenvalue weighted by Gasteiger charge is -2.22. The molecule has 1 fully saturated rings. The molecule has 1 aromatic carbocycles. The van der Waals surface area contributed by atoms with Gasteiger partial charge in [-0.2, -0.15) is 0 Å². The van der Waals surface area contributed by atoms with Crippen molar-refractivity contribution in [3.63, 3.8) is 0 Å². The fraction of sp³-hybridized carbons (Fsp3) is 0.500. The van der Waals surface area contributed by atoms with E-state index in [1.54, 1.807) is 11.8 Å². The first-order valence-electron chi connectivity index (χ1n) is 7.32. The molecule has 2 aliphatic rings. The Bertz CT molecular complexity index is 553. The van der Waals surface area contributed by atoms with Crippen molar-refractivity contribution in [2.24, 2.45) is 0 Å². The van der Waals surface area contributed by atoms with Crippen molar-refractivity contribution in [1.82, 2.24) is 10.2 Å². The van der Waals surface area contributed by atoms with Crippen molar-refractivity contribution in [3.8, 4) is 0 Å². The molecule has 1 heterocycles. The van der Waals surface area contributed by atoms with Crippen LogP contribution in [0.4, 0.5) is 0 Å². The lowest BCUT2D eigenvalue weighted by molar-refractivity contribution is -0.133. The predicted molar refractivity (Wildman–Crippen MR) is 76.1 cm³/mol. The van der Waals surface area contributed by atoms with Crippen LogP contribution < -0.4 is 5.32 Å². The summed E-state index contributed by atoms with van der Waals surface area (Å²) in [7, 11) is 0. The van der Waals surface area contributed by atoms with Crippen LogP contribution in [0.2, 0.25) is 0 Å². The van der Waals surface area contributed by atoms with Crippen molar-refractivity contribution in [2.45, 2.75) is 45.2 Å². The molecule has 106 valence electrons. The third-order valence-electron chi connectivity index (χ3n) is 4.20. The van der Waals surface area contributed by atoms with Crippen molar-refractivity contribution in [2.75, 3.05) is 6.54 Å². The first kappa shape index (κ1) is 13.2. The molecule has 1 unspecified atom stereocenters. The summed E-state index contributed by atoms with van der Waals surface area (Å²) in [6.45, 7) is 2.86. The molecule has 0 aromatic heterocycles. The van der Waals surface area contributed by atoms with Crippen molar-refractivity contribution < 1.29 is 9.59 Å². The summed E-state index contributed by atoms with van der Waals surface area (Å²) in [6, 6.07) is 6.11. The molecule has 1 saturated heterocycles. The summed E-state index contributed by atoms with van der Waals surface area (Å²) in [5.41, 5.74) is 4.04. The molecular weight excluding hydrogens is 252 g/mol. The third kappa shape index (κ3) is 2.55. The molecule has 0 spiro atoms. The fourth-order valence-electron chi connectivity index (χ4n) is 3.10. The van der Waals surface area contributed by atoms with E-state index in [1.165, 1.54) is 29.5 Å². The summed E-state index contributed by atoms with van der Waals surface area (Å²) >= 11 is 0. The van der Waals surface area contributed by atoms with E-state index in [2.05, 4.69) is 23.5 Å². The minimum atomic E-state index is -0.417. The Morgan fingerprint density at radius 3 is 2.85 bits per heavy atom. The number of fused-ring (bicyclic) bond motifs is 1. The molecule has 20 heavy (non-hydrogen) atoms. The van der Waals surface area contributed by atoms with E-state index in [0.29, 0.717) is 19.5 Å². The molecule has 3 rings (SSSR count). The standard InChI is InChI=1S/C16H20N2O2/c1-11-16(20)18(8-7-15(19)17-11)10-12-5-6-13-3-2-4-14(13)9-12/h5-6,9,11H,2-4,7-8,10H2,1H3,(H,17,19). The minimum absolute atomic E-state index is 0.0105. The highest BCUT2D eigenvalue weighted by molar-refractivity contribution is 5.89. The Hall–Kier alpha value is -1.84. The number of nitrogens with zero attached hydrogens (tertiary/aromatic N) is 1. The van der Waals surface area contributed by atoms with Crippen LogP contribution in [0.1, 0.15) is 36.5 Å². The van der Waals surface area contributed by atoms with Gasteiger partial charge >= 0.3 is 0 Å². The second kappa shape index (κ2) is 5.27. The van der Waals surface area contributed by atoms with Gasteiger partial charge in [-0.25, -0.2) is 0 Å². The van der Waals surface area contributed by atoms with E-state index in [9.17, 15) is 9.59 Å². The molecule has 0 bridgehead atoms. The molecule has 2 amide bonds. The van der Waals surface area contributed by atoms with Gasteiger partial charge in [0, 0.05) is 19.5 Å². The second-order valence-electron chi connectivity index (χ2n) is 5.76. The molecule has 1 aliphatic heterocycles. The number of rotatable bonds is 2. The Labute approximate surface area is 119 Å². The zero-order chi connectivity index (χ0) is 14.1. The van der Waals surface area contributed by atoms with Gasteiger partial charge in [0.25, 0.3) is 0 Å². The summed E-state index contributed by atoms with van der Waals surface area (Å²) in [4.78, 5) is 25.5. The number of carbonyl (C=O) groups excluding carboxylic acids is 2. The van der Waals surface area contributed by atoms with Gasteiger partial charge in [-0.05, 0) is 42.9 Å². The zero-order valence-electron chi connectivity index (χ0n) is 11.8. The number of hydrogen-bond acceptors (Lipinski definition) is 2.